The minimum Gasteiger partial charge on any atom is -0.472 e. The molecule has 4 aliphatic rings. The van der Waals surface area contributed by atoms with Crippen molar-refractivity contribution in [1.82, 2.24) is 0 Å². The Balaban J connectivity index is 0.000000251. The molecule has 0 N–H and O–H groups in total. The van der Waals surface area contributed by atoms with E-state index in [2.05, 4.69) is 97.9 Å². The van der Waals surface area contributed by atoms with Crippen LogP contribution in [-0.4, -0.2) is 41.1 Å². The maximum Gasteiger partial charge on any atom is 0.416 e. The summed E-state index contributed by atoms with van der Waals surface area (Å²) in [4.78, 5) is 5.43. The Morgan fingerprint density at radius 3 is 0.822 bits per heavy atom. The van der Waals surface area contributed by atoms with Crippen LogP contribution in [0.5, 0.6) is 0 Å². The minimum absolute atomic E-state index is 0. The number of hydrogen-bond acceptors (Lipinski definition) is 3. The van der Waals surface area contributed by atoms with Gasteiger partial charge in [-0.15, -0.1) is 0 Å². The molecule has 585 valence electrons. The topological polar surface area (TPSA) is 30.8 Å². The number of halogens is 24. The zero-order valence-electron chi connectivity index (χ0n) is 57.2. The maximum absolute atomic E-state index is 14.2. The molecule has 30 heteroatoms. The Labute approximate surface area is 617 Å². The molecule has 1 aliphatic heterocycles. The zero-order valence-corrected chi connectivity index (χ0v) is 60.5. The Morgan fingerprint density at radius 1 is 0.346 bits per heavy atom. The van der Waals surface area contributed by atoms with Crippen molar-refractivity contribution in [2.45, 2.75) is 214 Å². The number of rotatable bonds is 14. The Hall–Kier alpha value is -6.57. The van der Waals surface area contributed by atoms with E-state index in [0.29, 0.717) is 11.3 Å². The summed E-state index contributed by atoms with van der Waals surface area (Å²) in [5.41, 5.74) is -25.6. The first-order valence-electron chi connectivity index (χ1n) is 34.7. The van der Waals surface area contributed by atoms with E-state index in [4.69, 9.17) is 14.3 Å². The maximum atomic E-state index is 14.2. The Bertz CT molecular complexity index is 3530. The normalized spacial score (nSPS) is 18.0. The summed E-state index contributed by atoms with van der Waals surface area (Å²) in [7, 11) is -0.606. The van der Waals surface area contributed by atoms with Crippen molar-refractivity contribution < 1.29 is 135 Å². The van der Waals surface area contributed by atoms with Crippen LogP contribution in [-0.2, 0) is 91.6 Å². The van der Waals surface area contributed by atoms with Gasteiger partial charge in [0.2, 0.25) is 5.90 Å². The van der Waals surface area contributed by atoms with Crippen molar-refractivity contribution in [2.75, 3.05) is 0 Å². The summed E-state index contributed by atoms with van der Waals surface area (Å²) >= 11 is 0. The number of ether oxygens (including phenoxy) is 1. The molecule has 3 fully saturated rings. The fourth-order valence-electron chi connectivity index (χ4n) is 14.9. The average Bonchev–Trinajstić information content (AvgIpc) is 1.18. The van der Waals surface area contributed by atoms with Gasteiger partial charge < -0.3 is 9.26 Å². The molecule has 0 spiro atoms. The molecule has 0 amide bonds. The molecule has 2 unspecified atom stereocenters. The van der Waals surface area contributed by atoms with Crippen LogP contribution in [0.25, 0.3) is 0 Å². The van der Waals surface area contributed by atoms with Gasteiger partial charge in [0.15, 0.2) is 0 Å². The van der Waals surface area contributed by atoms with Crippen LogP contribution >= 0.6 is 8.15 Å². The van der Waals surface area contributed by atoms with Crippen LogP contribution in [0.15, 0.2) is 169 Å². The van der Waals surface area contributed by atoms with Crippen molar-refractivity contribution in [3.8, 4) is 0 Å². The summed E-state index contributed by atoms with van der Waals surface area (Å²) in [5.74, 6) is 0.761. The van der Waals surface area contributed by atoms with Crippen molar-refractivity contribution in [3.05, 3.63) is 225 Å². The first kappa shape index (κ1) is 86.0. The first-order chi connectivity index (χ1) is 49.5. The van der Waals surface area contributed by atoms with Gasteiger partial charge in [0.05, 0.1) is 44.5 Å². The molecule has 2 atom stereocenters. The van der Waals surface area contributed by atoms with E-state index in [1.165, 1.54) is 127 Å². The number of hydrogen-bond donors (Lipinski definition) is 0. The monoisotopic (exact) mass is 1740 g/mol. The molecule has 3 aliphatic carbocycles. The molecule has 7 aromatic carbocycles. The predicted molar refractivity (Wildman–Crippen MR) is 359 cm³/mol. The van der Waals surface area contributed by atoms with Crippen LogP contribution in [0.4, 0.5) is 105 Å². The van der Waals surface area contributed by atoms with Gasteiger partial charge in [0, 0.05) is 58.0 Å². The predicted octanol–water partition coefficient (Wildman–Crippen LogP) is 23.9. The van der Waals surface area contributed by atoms with Gasteiger partial charge in [-0.3, -0.25) is 0 Å². The molecule has 3 nitrogen and oxygen atoms in total. The van der Waals surface area contributed by atoms with Crippen molar-refractivity contribution in [3.63, 3.8) is 0 Å². The largest absolute Gasteiger partial charge is 0.472 e. The van der Waals surface area contributed by atoms with E-state index in [1.54, 1.807) is 0 Å². The van der Waals surface area contributed by atoms with Gasteiger partial charge in [-0.05, 0) is 80.1 Å². The van der Waals surface area contributed by atoms with Gasteiger partial charge in [-0.25, -0.2) is 4.99 Å². The van der Waals surface area contributed by atoms with E-state index in [1.807, 2.05) is 0 Å². The summed E-state index contributed by atoms with van der Waals surface area (Å²) in [6.07, 6.45) is -27.7. The van der Waals surface area contributed by atoms with E-state index in [9.17, 15) is 105 Å². The molecule has 1 radical (unpaired) electrons. The average molecular weight is 1740 g/mol. The van der Waals surface area contributed by atoms with E-state index in [0.717, 1.165) is 24.3 Å². The van der Waals surface area contributed by atoms with Crippen LogP contribution in [0.1, 0.15) is 184 Å². The quantitative estimate of drug-likeness (QED) is 0.0617. The smallest absolute Gasteiger partial charge is 0.416 e. The second kappa shape index (κ2) is 34.8. The van der Waals surface area contributed by atoms with Crippen molar-refractivity contribution in [1.29, 1.82) is 0 Å². The first-order valence-corrected chi connectivity index (χ1v) is 36.1. The number of aliphatic imine (C=N–C) groups is 1. The van der Waals surface area contributed by atoms with Gasteiger partial charge in [-0.2, -0.15) is 127 Å². The fraction of sp³-hybridized carbons (Fsp3) is 0.442. The van der Waals surface area contributed by atoms with Gasteiger partial charge >= 0.3 is 49.4 Å². The molecule has 3 saturated carbocycles. The second-order valence-corrected chi connectivity index (χ2v) is 29.9. The van der Waals surface area contributed by atoms with Crippen LogP contribution < -0.4 is 21.9 Å². The van der Waals surface area contributed by atoms with Crippen LogP contribution in [0, 0.1) is 0 Å². The minimum atomic E-state index is -6.13. The molecule has 0 bridgehead atoms. The molecule has 0 aromatic heterocycles. The molecule has 7 aromatic rings. The Kier molecular flexibility index (Phi) is 28.0. The zero-order chi connectivity index (χ0) is 77.5. The van der Waals surface area contributed by atoms with Gasteiger partial charge in [0.25, 0.3) is 0 Å². The van der Waals surface area contributed by atoms with Gasteiger partial charge in [-0.1, -0.05) is 217 Å². The van der Waals surface area contributed by atoms with Crippen molar-refractivity contribution >= 4 is 42.0 Å². The number of benzene rings is 7. The Morgan fingerprint density at radius 2 is 0.579 bits per heavy atom. The number of alkyl halides is 24. The molecular weight excluding hydrogens is 1660 g/mol. The van der Waals surface area contributed by atoms with Crippen LogP contribution in [0.2, 0.25) is 0 Å². The van der Waals surface area contributed by atoms with Crippen molar-refractivity contribution in [2.24, 2.45) is 4.99 Å². The molecule has 0 saturated heterocycles. The van der Waals surface area contributed by atoms with E-state index >= 15 is 0 Å². The van der Waals surface area contributed by atoms with E-state index < -0.39 is 208 Å². The summed E-state index contributed by atoms with van der Waals surface area (Å²) < 4.78 is 355. The summed E-state index contributed by atoms with van der Waals surface area (Å²) in [6.45, 7) is 2.21. The summed E-state index contributed by atoms with van der Waals surface area (Å²) in [5, 5.41) is 0. The third-order valence-electron chi connectivity index (χ3n) is 19.8. The fourth-order valence-corrected chi connectivity index (χ4v) is 18.2. The molecule has 11 rings (SSSR count). The third-order valence-corrected chi connectivity index (χ3v) is 22.9. The molecule has 1 heterocycles. The SMILES string of the molecule is C1CCCCCCC1.CC1OC(c2ccccc2)=NC1C(Cc1ccccc1)(Cc1ccccc1)OP(C1CCCCC1)C1CCCCC1.FC(F)(F)c1cc([B-](c2cc(C(F)(F)F)cc(C(F)(F)F)c2)(c2cc(C(F)(F)F)cc(C(F)(F)F)c2)c2cc(C(F)(F)F)cc(C(F)(F)F)c2)cc(C(F)(F)F)c1.[Ir]. The van der Waals surface area contributed by atoms with Gasteiger partial charge in [0.1, 0.15) is 23.9 Å². The van der Waals surface area contributed by atoms with E-state index in [-0.39, 0.29) is 32.3 Å². The molecular formula is C77H74BF24IrNO2P-. The second-order valence-electron chi connectivity index (χ2n) is 27.5. The molecule has 107 heavy (non-hydrogen) atoms. The van der Waals surface area contributed by atoms with Crippen LogP contribution in [0.3, 0.4) is 0 Å². The summed E-state index contributed by atoms with van der Waals surface area (Å²) in [6, 6.07) is 23.5. The number of nitrogens with zero attached hydrogens (tertiary/aromatic N) is 1. The third kappa shape index (κ3) is 22.2. The standard InChI is InChI=1S/C37H46NO2P.C32H12BF24.C8H16.Ir/c1-29-35(38-36(39-29)32-21-11-4-12-22-32)37(27-30-17-7-2-8-18-30,28-31-19-9-3-10-20-31)40-41(33-23-13-5-14-24-33)34-25-15-6-16-26-34;34-25(35,36)13-1-14(26(37,38)39)6-21(5-13)33(22-7-15(27(40,41)42)2-16(8-22)28(43,44)45,23-9-17(29(46,47)48)3-18(10-23)30(49,50)51)24-11-19(31(52,53)54)4-20(12-24)32(55,56)57;1-2-4-6-8-7-5-3-1;/h2-4,7-12,17-22,29,33-35H,5-6,13-16,23-28H2,1H3;1-12H;1-8H2;/q;-1;;.